The fourth-order valence-electron chi connectivity index (χ4n) is 3.24. The van der Waals surface area contributed by atoms with Gasteiger partial charge in [0, 0.05) is 12.0 Å². The summed E-state index contributed by atoms with van der Waals surface area (Å²) in [4.78, 5) is 24.5. The second-order valence-corrected chi connectivity index (χ2v) is 8.36. The zero-order chi connectivity index (χ0) is 19.1. The van der Waals surface area contributed by atoms with Gasteiger partial charge < -0.3 is 14.2 Å². The molecule has 0 radical (unpaired) electrons. The van der Waals surface area contributed by atoms with Crippen LogP contribution in [0.3, 0.4) is 0 Å². The molecule has 1 aliphatic rings. The topological polar surface area (TPSA) is 61.8 Å². The van der Waals surface area contributed by atoms with Gasteiger partial charge in [-0.2, -0.15) is 0 Å². The smallest absolute Gasteiger partial charge is 0.344 e. The van der Waals surface area contributed by atoms with Gasteiger partial charge in [0.2, 0.25) is 0 Å². The molecular weight excluding hydrogens is 320 g/mol. The van der Waals surface area contributed by atoms with E-state index < -0.39 is 17.0 Å². The Morgan fingerprint density at radius 3 is 2.12 bits per heavy atom. The van der Waals surface area contributed by atoms with Crippen molar-refractivity contribution >= 4 is 11.9 Å². The number of carbonyl (C=O) groups excluding carboxylic acids is 2. The van der Waals surface area contributed by atoms with Crippen molar-refractivity contribution in [2.45, 2.75) is 85.7 Å². The summed E-state index contributed by atoms with van der Waals surface area (Å²) < 4.78 is 16.8. The number of carbonyl (C=O) groups is 2. The lowest BCUT2D eigenvalue weighted by Gasteiger charge is -2.48. The third-order valence-corrected chi connectivity index (χ3v) is 5.63. The van der Waals surface area contributed by atoms with Crippen LogP contribution < -0.4 is 0 Å². The Morgan fingerprint density at radius 1 is 1.00 bits per heavy atom. The summed E-state index contributed by atoms with van der Waals surface area (Å²) in [6, 6.07) is 0. The van der Waals surface area contributed by atoms with E-state index in [1.807, 2.05) is 27.7 Å². The van der Waals surface area contributed by atoms with Crippen LogP contribution in [-0.2, 0) is 23.8 Å². The first-order chi connectivity index (χ1) is 11.6. The average Bonchev–Trinajstić information content (AvgIpc) is 2.58. The van der Waals surface area contributed by atoms with E-state index in [2.05, 4.69) is 13.8 Å². The van der Waals surface area contributed by atoms with Crippen LogP contribution in [0, 0.1) is 10.8 Å². The summed E-state index contributed by atoms with van der Waals surface area (Å²) >= 11 is 0. The van der Waals surface area contributed by atoms with Gasteiger partial charge in [-0.1, -0.05) is 27.2 Å². The van der Waals surface area contributed by atoms with Gasteiger partial charge in [0.05, 0.1) is 12.0 Å². The molecule has 5 nitrogen and oxygen atoms in total. The number of hydrogen-bond acceptors (Lipinski definition) is 5. The molecule has 0 spiro atoms. The first-order valence-corrected chi connectivity index (χ1v) is 9.57. The van der Waals surface area contributed by atoms with Crippen molar-refractivity contribution in [2.75, 3.05) is 19.8 Å². The second-order valence-electron chi connectivity index (χ2n) is 8.36. The van der Waals surface area contributed by atoms with E-state index in [1.165, 1.54) is 0 Å². The molecular formula is C20H36O5. The van der Waals surface area contributed by atoms with Crippen molar-refractivity contribution in [1.82, 2.24) is 0 Å². The van der Waals surface area contributed by atoms with E-state index in [0.717, 1.165) is 32.1 Å². The van der Waals surface area contributed by atoms with Gasteiger partial charge in [-0.15, -0.1) is 0 Å². The summed E-state index contributed by atoms with van der Waals surface area (Å²) in [7, 11) is 0. The number of rotatable bonds is 9. The lowest BCUT2D eigenvalue weighted by Crippen LogP contribution is -2.52. The lowest BCUT2D eigenvalue weighted by molar-refractivity contribution is -0.195. The van der Waals surface area contributed by atoms with E-state index >= 15 is 0 Å². The van der Waals surface area contributed by atoms with E-state index in [0.29, 0.717) is 19.6 Å². The van der Waals surface area contributed by atoms with Crippen LogP contribution in [0.25, 0.3) is 0 Å². The molecule has 0 atom stereocenters. The van der Waals surface area contributed by atoms with E-state index in [4.69, 9.17) is 14.2 Å². The lowest BCUT2D eigenvalue weighted by atomic mass is 9.67. The Hall–Kier alpha value is -1.10. The molecule has 0 amide bonds. The minimum absolute atomic E-state index is 0.286. The van der Waals surface area contributed by atoms with Gasteiger partial charge in [-0.05, 0) is 52.9 Å². The monoisotopic (exact) mass is 356 g/mol. The molecule has 25 heavy (non-hydrogen) atoms. The molecule has 0 heterocycles. The standard InChI is InChI=1S/C20H36O5/c1-7-18(3,4)17(22)24-14-16(21)25-20(12-10-9-11-13-20)19(5,6)15-23-8-2/h7-15H2,1-6H3. The number of hydrogen-bond donors (Lipinski definition) is 0. The molecule has 0 bridgehead atoms. The number of ether oxygens (including phenoxy) is 3. The summed E-state index contributed by atoms with van der Waals surface area (Å²) in [5.74, 6) is -0.829. The molecule has 1 saturated carbocycles. The largest absolute Gasteiger partial charge is 0.456 e. The third-order valence-electron chi connectivity index (χ3n) is 5.63. The van der Waals surface area contributed by atoms with Crippen molar-refractivity contribution in [2.24, 2.45) is 10.8 Å². The molecule has 0 aromatic heterocycles. The fourth-order valence-corrected chi connectivity index (χ4v) is 3.24. The molecule has 1 aliphatic carbocycles. The second kappa shape index (κ2) is 9.02. The summed E-state index contributed by atoms with van der Waals surface area (Å²) in [6.07, 6.45) is 5.54. The first kappa shape index (κ1) is 21.9. The Balaban J connectivity index is 2.75. The van der Waals surface area contributed by atoms with Crippen molar-refractivity contribution in [3.05, 3.63) is 0 Å². The molecule has 0 aromatic carbocycles. The Kier molecular flexibility index (Phi) is 7.91. The molecule has 1 fully saturated rings. The van der Waals surface area contributed by atoms with E-state index in [9.17, 15) is 9.59 Å². The van der Waals surface area contributed by atoms with Gasteiger partial charge in [-0.25, -0.2) is 4.79 Å². The molecule has 0 aromatic rings. The maximum atomic E-state index is 12.4. The van der Waals surface area contributed by atoms with Crippen LogP contribution in [0.15, 0.2) is 0 Å². The van der Waals surface area contributed by atoms with Crippen LogP contribution in [0.1, 0.15) is 80.1 Å². The maximum absolute atomic E-state index is 12.4. The van der Waals surface area contributed by atoms with Gasteiger partial charge in [0.25, 0.3) is 0 Å². The summed E-state index contributed by atoms with van der Waals surface area (Å²) in [6.45, 7) is 12.5. The SMILES string of the molecule is CCOCC(C)(C)C1(OC(=O)COC(=O)C(C)(C)CC)CCCCC1. The molecule has 0 unspecified atom stereocenters. The first-order valence-electron chi connectivity index (χ1n) is 9.57. The van der Waals surface area contributed by atoms with Crippen molar-refractivity contribution in [3.63, 3.8) is 0 Å². The van der Waals surface area contributed by atoms with Crippen molar-refractivity contribution in [1.29, 1.82) is 0 Å². The molecule has 0 saturated heterocycles. The van der Waals surface area contributed by atoms with Crippen LogP contribution in [0.2, 0.25) is 0 Å². The van der Waals surface area contributed by atoms with Gasteiger partial charge in [0.1, 0.15) is 5.60 Å². The van der Waals surface area contributed by atoms with Crippen LogP contribution >= 0.6 is 0 Å². The zero-order valence-electron chi connectivity index (χ0n) is 16.9. The van der Waals surface area contributed by atoms with Gasteiger partial charge in [0.15, 0.2) is 6.61 Å². The Labute approximate surface area is 152 Å². The van der Waals surface area contributed by atoms with Crippen molar-refractivity contribution in [3.8, 4) is 0 Å². The van der Waals surface area contributed by atoms with Gasteiger partial charge >= 0.3 is 11.9 Å². The molecule has 1 rings (SSSR count). The molecule has 146 valence electrons. The predicted octanol–water partition coefficient (Wildman–Crippen LogP) is 4.27. The summed E-state index contributed by atoms with van der Waals surface area (Å²) in [5.41, 5.74) is -1.42. The minimum Gasteiger partial charge on any atom is -0.456 e. The minimum atomic E-state index is -0.586. The quantitative estimate of drug-likeness (QED) is 0.577. The fraction of sp³-hybridized carbons (Fsp3) is 0.900. The highest BCUT2D eigenvalue weighted by Gasteiger charge is 2.49. The number of esters is 2. The van der Waals surface area contributed by atoms with Crippen molar-refractivity contribution < 1.29 is 23.8 Å². The zero-order valence-corrected chi connectivity index (χ0v) is 16.9. The Bertz CT molecular complexity index is 447. The van der Waals surface area contributed by atoms with Crippen LogP contribution in [0.4, 0.5) is 0 Å². The van der Waals surface area contributed by atoms with Gasteiger partial charge in [-0.3, -0.25) is 4.79 Å². The molecule has 5 heteroatoms. The average molecular weight is 357 g/mol. The predicted molar refractivity (Wildman–Crippen MR) is 97.2 cm³/mol. The van der Waals surface area contributed by atoms with Crippen LogP contribution in [0.5, 0.6) is 0 Å². The van der Waals surface area contributed by atoms with Crippen LogP contribution in [-0.4, -0.2) is 37.4 Å². The molecule has 0 N–H and O–H groups in total. The maximum Gasteiger partial charge on any atom is 0.344 e. The van der Waals surface area contributed by atoms with E-state index in [1.54, 1.807) is 0 Å². The summed E-state index contributed by atoms with van der Waals surface area (Å²) in [5, 5.41) is 0. The highest BCUT2D eigenvalue weighted by Crippen LogP contribution is 2.45. The molecule has 0 aliphatic heterocycles. The third kappa shape index (κ3) is 5.70. The Morgan fingerprint density at radius 2 is 1.60 bits per heavy atom. The van der Waals surface area contributed by atoms with E-state index in [-0.39, 0.29) is 18.0 Å². The normalized spacial score (nSPS) is 17.8. The highest BCUT2D eigenvalue weighted by molar-refractivity contribution is 5.80. The highest BCUT2D eigenvalue weighted by atomic mass is 16.6.